The number of benzene rings is 1. The summed E-state index contributed by atoms with van der Waals surface area (Å²) in [5.74, 6) is 2.67. The minimum Gasteiger partial charge on any atom is -0.352 e. The van der Waals surface area contributed by atoms with Crippen molar-refractivity contribution in [2.45, 2.75) is 25.7 Å². The van der Waals surface area contributed by atoms with Gasteiger partial charge in [-0.15, -0.1) is 10.2 Å². The Morgan fingerprint density at radius 1 is 1.04 bits per heavy atom. The first-order valence-corrected chi connectivity index (χ1v) is 9.40. The first-order chi connectivity index (χ1) is 12.8. The van der Waals surface area contributed by atoms with Gasteiger partial charge < -0.3 is 14.3 Å². The lowest BCUT2D eigenvalue weighted by atomic mass is 10.1. The highest BCUT2D eigenvalue weighted by Crippen LogP contribution is 2.39. The van der Waals surface area contributed by atoms with Gasteiger partial charge in [0.05, 0.1) is 0 Å². The number of nitrogens with zero attached hydrogens (tertiary/aromatic N) is 6. The molecule has 1 aromatic carbocycles. The first kappa shape index (κ1) is 15.7. The molecule has 0 unspecified atom stereocenters. The van der Waals surface area contributed by atoms with Crippen molar-refractivity contribution < 1.29 is 4.52 Å². The van der Waals surface area contributed by atoms with Gasteiger partial charge in [0, 0.05) is 42.9 Å². The van der Waals surface area contributed by atoms with Crippen LogP contribution in [0.4, 0.5) is 5.82 Å². The fraction of sp³-hybridized carbons (Fsp3) is 0.474. The molecule has 134 valence electrons. The zero-order valence-corrected chi connectivity index (χ0v) is 14.9. The van der Waals surface area contributed by atoms with E-state index in [1.807, 2.05) is 12.1 Å². The van der Waals surface area contributed by atoms with Crippen molar-refractivity contribution in [2.75, 3.05) is 37.6 Å². The Labute approximate surface area is 152 Å². The number of piperazine rings is 1. The van der Waals surface area contributed by atoms with Gasteiger partial charge in [0.15, 0.2) is 17.3 Å². The Hall–Kier alpha value is -2.54. The Balaban J connectivity index is 1.53. The van der Waals surface area contributed by atoms with Crippen LogP contribution in [-0.2, 0) is 0 Å². The standard InChI is InChI=1S/C19H22N6O/c1-2-24-9-11-25(12-10-24)18-15-6-4-3-5-14(15)16(21-22-18)19-20-17(23-26-19)13-7-8-13/h3-6,13H,2,7-12H2,1H3. The summed E-state index contributed by atoms with van der Waals surface area (Å²) >= 11 is 0. The Kier molecular flexibility index (Phi) is 3.81. The summed E-state index contributed by atoms with van der Waals surface area (Å²) in [6.45, 7) is 7.36. The second-order valence-electron chi connectivity index (χ2n) is 7.07. The maximum absolute atomic E-state index is 5.49. The van der Waals surface area contributed by atoms with Gasteiger partial charge in [-0.1, -0.05) is 36.3 Å². The van der Waals surface area contributed by atoms with Gasteiger partial charge in [0.1, 0.15) is 0 Å². The number of fused-ring (bicyclic) bond motifs is 1. The highest BCUT2D eigenvalue weighted by molar-refractivity contribution is 5.99. The summed E-state index contributed by atoms with van der Waals surface area (Å²) < 4.78 is 5.49. The molecule has 3 heterocycles. The number of likely N-dealkylation sites (N-methyl/N-ethyl adjacent to an activating group) is 1. The average molecular weight is 350 g/mol. The summed E-state index contributed by atoms with van der Waals surface area (Å²) in [5.41, 5.74) is 0.677. The molecule has 0 N–H and O–H groups in total. The molecule has 0 amide bonds. The molecule has 3 aromatic rings. The van der Waals surface area contributed by atoms with Gasteiger partial charge in [-0.2, -0.15) is 4.98 Å². The fourth-order valence-corrected chi connectivity index (χ4v) is 3.60. The van der Waals surface area contributed by atoms with Gasteiger partial charge in [0.2, 0.25) is 0 Å². The third-order valence-electron chi connectivity index (χ3n) is 5.37. The second-order valence-corrected chi connectivity index (χ2v) is 7.07. The molecule has 1 aliphatic carbocycles. The predicted octanol–water partition coefficient (Wildman–Crippen LogP) is 2.70. The highest BCUT2D eigenvalue weighted by atomic mass is 16.5. The van der Waals surface area contributed by atoms with Crippen molar-refractivity contribution in [1.29, 1.82) is 0 Å². The van der Waals surface area contributed by atoms with Crippen molar-refractivity contribution >= 4 is 16.6 Å². The molecule has 2 aromatic heterocycles. The molecule has 1 aliphatic heterocycles. The molecule has 0 bridgehead atoms. The molecular formula is C19H22N6O. The van der Waals surface area contributed by atoms with Crippen molar-refractivity contribution in [2.24, 2.45) is 0 Å². The van der Waals surface area contributed by atoms with Crippen LogP contribution in [0.5, 0.6) is 0 Å². The van der Waals surface area contributed by atoms with E-state index in [2.05, 4.69) is 49.2 Å². The largest absolute Gasteiger partial charge is 0.352 e. The van der Waals surface area contributed by atoms with Crippen LogP contribution in [0.1, 0.15) is 31.5 Å². The van der Waals surface area contributed by atoms with Crippen LogP contribution in [0, 0.1) is 0 Å². The van der Waals surface area contributed by atoms with Crippen LogP contribution in [0.15, 0.2) is 28.8 Å². The van der Waals surface area contributed by atoms with E-state index in [1.165, 1.54) is 0 Å². The third kappa shape index (κ3) is 2.72. The topological polar surface area (TPSA) is 71.2 Å². The lowest BCUT2D eigenvalue weighted by molar-refractivity contribution is 0.270. The minimum atomic E-state index is 0.459. The van der Waals surface area contributed by atoms with E-state index in [4.69, 9.17) is 4.52 Å². The summed E-state index contributed by atoms with van der Waals surface area (Å²) in [4.78, 5) is 9.34. The zero-order valence-electron chi connectivity index (χ0n) is 14.9. The van der Waals surface area contributed by atoms with Crippen molar-refractivity contribution in [1.82, 2.24) is 25.2 Å². The molecule has 1 saturated heterocycles. The number of hydrogen-bond donors (Lipinski definition) is 0. The SMILES string of the molecule is CCN1CCN(c2nnc(-c3nc(C4CC4)no3)c3ccccc23)CC1. The number of rotatable bonds is 4. The molecule has 0 spiro atoms. The van der Waals surface area contributed by atoms with Gasteiger partial charge in [-0.05, 0) is 19.4 Å². The van der Waals surface area contributed by atoms with E-state index in [0.717, 1.165) is 68.0 Å². The van der Waals surface area contributed by atoms with Crippen LogP contribution >= 0.6 is 0 Å². The molecule has 0 radical (unpaired) electrons. The van der Waals surface area contributed by atoms with Crippen LogP contribution < -0.4 is 4.90 Å². The fourth-order valence-electron chi connectivity index (χ4n) is 3.60. The number of aromatic nitrogens is 4. The molecular weight excluding hydrogens is 328 g/mol. The molecule has 7 nitrogen and oxygen atoms in total. The quantitative estimate of drug-likeness (QED) is 0.716. The average Bonchev–Trinajstić information content (AvgIpc) is 3.44. The zero-order chi connectivity index (χ0) is 17.5. The van der Waals surface area contributed by atoms with E-state index in [9.17, 15) is 0 Å². The normalized spacial score (nSPS) is 18.6. The molecule has 2 aliphatic rings. The Morgan fingerprint density at radius 2 is 1.81 bits per heavy atom. The smallest absolute Gasteiger partial charge is 0.279 e. The van der Waals surface area contributed by atoms with Crippen molar-refractivity contribution in [3.63, 3.8) is 0 Å². The van der Waals surface area contributed by atoms with Crippen molar-refractivity contribution in [3.8, 4) is 11.6 Å². The molecule has 2 fully saturated rings. The number of anilines is 1. The summed E-state index contributed by atoms with van der Waals surface area (Å²) in [6, 6.07) is 8.23. The van der Waals surface area contributed by atoms with Gasteiger partial charge >= 0.3 is 0 Å². The van der Waals surface area contributed by atoms with Crippen LogP contribution in [0.25, 0.3) is 22.4 Å². The summed E-state index contributed by atoms with van der Waals surface area (Å²) in [6.07, 6.45) is 2.29. The lowest BCUT2D eigenvalue weighted by Crippen LogP contribution is -2.46. The maximum atomic E-state index is 5.49. The van der Waals surface area contributed by atoms with E-state index in [0.29, 0.717) is 17.5 Å². The predicted molar refractivity (Wildman–Crippen MR) is 99.1 cm³/mol. The second kappa shape index (κ2) is 6.32. The molecule has 0 atom stereocenters. The highest BCUT2D eigenvalue weighted by Gasteiger charge is 2.30. The summed E-state index contributed by atoms with van der Waals surface area (Å²) in [5, 5.41) is 15.3. The molecule has 5 rings (SSSR count). The van der Waals surface area contributed by atoms with Crippen LogP contribution in [0.2, 0.25) is 0 Å². The van der Waals surface area contributed by atoms with E-state index >= 15 is 0 Å². The third-order valence-corrected chi connectivity index (χ3v) is 5.37. The number of hydrogen-bond acceptors (Lipinski definition) is 7. The molecule has 26 heavy (non-hydrogen) atoms. The Bertz CT molecular complexity index is 927. The van der Waals surface area contributed by atoms with Crippen molar-refractivity contribution in [3.05, 3.63) is 30.1 Å². The summed E-state index contributed by atoms with van der Waals surface area (Å²) in [7, 11) is 0. The maximum Gasteiger partial charge on any atom is 0.279 e. The van der Waals surface area contributed by atoms with E-state index < -0.39 is 0 Å². The van der Waals surface area contributed by atoms with E-state index in [1.54, 1.807) is 0 Å². The van der Waals surface area contributed by atoms with E-state index in [-0.39, 0.29) is 0 Å². The minimum absolute atomic E-state index is 0.459. The molecule has 7 heteroatoms. The van der Waals surface area contributed by atoms with Crippen LogP contribution in [-0.4, -0.2) is 58.0 Å². The lowest BCUT2D eigenvalue weighted by Gasteiger charge is -2.35. The van der Waals surface area contributed by atoms with Gasteiger partial charge in [-0.3, -0.25) is 0 Å². The Morgan fingerprint density at radius 3 is 2.54 bits per heavy atom. The molecule has 1 saturated carbocycles. The van der Waals surface area contributed by atoms with Crippen LogP contribution in [0.3, 0.4) is 0 Å². The van der Waals surface area contributed by atoms with Gasteiger partial charge in [-0.25, -0.2) is 0 Å². The first-order valence-electron chi connectivity index (χ1n) is 9.40. The van der Waals surface area contributed by atoms with Gasteiger partial charge in [0.25, 0.3) is 5.89 Å². The monoisotopic (exact) mass is 350 g/mol.